The highest BCUT2D eigenvalue weighted by Gasteiger charge is 2.19. The zero-order valence-electron chi connectivity index (χ0n) is 22.6. The van der Waals surface area contributed by atoms with E-state index in [9.17, 15) is 19.5 Å². The number of hydrogen-bond acceptors (Lipinski definition) is 11. The molecule has 0 saturated carbocycles. The summed E-state index contributed by atoms with van der Waals surface area (Å²) in [4.78, 5) is 46.5. The van der Waals surface area contributed by atoms with E-state index in [1.165, 1.54) is 24.4 Å². The number of ketones is 1. The van der Waals surface area contributed by atoms with Crippen LogP contribution >= 0.6 is 11.6 Å². The van der Waals surface area contributed by atoms with Gasteiger partial charge in [0, 0.05) is 25.7 Å². The zero-order chi connectivity index (χ0) is 30.1. The predicted molar refractivity (Wildman–Crippen MR) is 158 cm³/mol. The van der Waals surface area contributed by atoms with Gasteiger partial charge in [0.15, 0.2) is 5.82 Å². The molecule has 1 aromatic heterocycles. The van der Waals surface area contributed by atoms with Gasteiger partial charge in [-0.1, -0.05) is 30.3 Å². The number of ether oxygens (including phenoxy) is 2. The van der Waals surface area contributed by atoms with E-state index in [0.717, 1.165) is 32.1 Å². The summed E-state index contributed by atoms with van der Waals surface area (Å²) in [7, 11) is 0. The van der Waals surface area contributed by atoms with Gasteiger partial charge in [0.05, 0.1) is 48.6 Å². The van der Waals surface area contributed by atoms with Crippen molar-refractivity contribution in [1.29, 1.82) is 0 Å². The molecule has 0 radical (unpaired) electrons. The fourth-order valence-corrected chi connectivity index (χ4v) is 4.19. The minimum absolute atomic E-state index is 0.0242. The maximum absolute atomic E-state index is 12.2. The maximum Gasteiger partial charge on any atom is 0.289 e. The first-order valence-electron chi connectivity index (χ1n) is 13.0. The van der Waals surface area contributed by atoms with Crippen molar-refractivity contribution < 1.29 is 29.0 Å². The Morgan fingerprint density at radius 2 is 1.90 bits per heavy atom. The number of amides is 2. The van der Waals surface area contributed by atoms with Crippen LogP contribution in [0.5, 0.6) is 11.5 Å². The van der Waals surface area contributed by atoms with Gasteiger partial charge < -0.3 is 36.3 Å². The number of nitrogens with one attached hydrogen (secondary N) is 3. The molecule has 220 valence electrons. The lowest BCUT2D eigenvalue weighted by Gasteiger charge is -2.26. The molecule has 1 aliphatic heterocycles. The van der Waals surface area contributed by atoms with Gasteiger partial charge in [-0.15, -0.1) is 0 Å². The lowest BCUT2D eigenvalue weighted by atomic mass is 10.1. The minimum atomic E-state index is -1.11. The third kappa shape index (κ3) is 7.94. The number of benzene rings is 2. The highest BCUT2D eigenvalue weighted by atomic mass is 35.5. The van der Waals surface area contributed by atoms with Crippen molar-refractivity contribution in [3.05, 3.63) is 65.8 Å². The number of anilines is 5. The zero-order valence-corrected chi connectivity index (χ0v) is 23.3. The molecular weight excluding hydrogens is 566 g/mol. The smallest absolute Gasteiger partial charge is 0.289 e. The SMILES string of the molecule is C=CC(=O)Nc1cc(Nc2ncc(Cl)c(Nc3ccccc3C(=O)C(N)=O)n2)c(O)cc1OCCCN1CCOCC1. The van der Waals surface area contributed by atoms with Crippen molar-refractivity contribution >= 4 is 58.0 Å². The van der Waals surface area contributed by atoms with Crippen molar-refractivity contribution in [3.63, 3.8) is 0 Å². The van der Waals surface area contributed by atoms with E-state index >= 15 is 0 Å². The van der Waals surface area contributed by atoms with Crippen molar-refractivity contribution in [2.75, 3.05) is 55.4 Å². The van der Waals surface area contributed by atoms with E-state index in [1.54, 1.807) is 18.2 Å². The van der Waals surface area contributed by atoms with Gasteiger partial charge in [0.2, 0.25) is 11.9 Å². The predicted octanol–water partition coefficient (Wildman–Crippen LogP) is 3.22. The summed E-state index contributed by atoms with van der Waals surface area (Å²) < 4.78 is 11.3. The second-order valence-corrected chi connectivity index (χ2v) is 9.50. The van der Waals surface area contributed by atoms with Gasteiger partial charge in [-0.05, 0) is 30.7 Å². The number of nitrogens with two attached hydrogens (primary N) is 1. The van der Waals surface area contributed by atoms with Crippen LogP contribution in [0.2, 0.25) is 5.02 Å². The molecule has 0 atom stereocenters. The summed E-state index contributed by atoms with van der Waals surface area (Å²) in [6.45, 7) is 7.81. The molecule has 6 N–H and O–H groups in total. The van der Waals surface area contributed by atoms with Crippen molar-refractivity contribution in [3.8, 4) is 11.5 Å². The molecule has 0 aliphatic carbocycles. The fraction of sp³-hybridized carbons (Fsp3) is 0.250. The Morgan fingerprint density at radius 1 is 1.14 bits per heavy atom. The number of rotatable bonds is 13. The van der Waals surface area contributed by atoms with Crippen molar-refractivity contribution in [2.45, 2.75) is 6.42 Å². The van der Waals surface area contributed by atoms with Gasteiger partial charge in [0.1, 0.15) is 16.5 Å². The number of carbonyl (C=O) groups is 3. The molecule has 14 heteroatoms. The first-order chi connectivity index (χ1) is 20.2. The lowest BCUT2D eigenvalue weighted by Crippen LogP contribution is -2.37. The number of morpholine rings is 1. The van der Waals surface area contributed by atoms with Gasteiger partial charge in [-0.3, -0.25) is 19.3 Å². The Hall–Kier alpha value is -4.72. The summed E-state index contributed by atoms with van der Waals surface area (Å²) in [6.07, 6.45) is 3.16. The van der Waals surface area contributed by atoms with E-state index in [4.69, 9.17) is 26.8 Å². The van der Waals surface area contributed by atoms with Gasteiger partial charge in [-0.25, -0.2) is 4.98 Å². The number of aromatic hydroxyl groups is 1. The lowest BCUT2D eigenvalue weighted by molar-refractivity contribution is -0.114. The maximum atomic E-state index is 12.2. The molecule has 1 aliphatic rings. The number of para-hydroxylation sites is 1. The summed E-state index contributed by atoms with van der Waals surface area (Å²) in [5.74, 6) is -2.26. The molecule has 2 amide bonds. The molecule has 2 heterocycles. The average molecular weight is 596 g/mol. The standard InChI is InChI=1S/C28H30ClN7O6/c1-2-24(38)32-21-14-20(22(37)15-23(21)42-11-5-8-36-9-12-41-13-10-36)34-28-31-16-18(29)27(35-28)33-19-7-4-3-6-17(19)25(39)26(30)40/h2-4,6-7,14-16,37H,1,5,8-13H2,(H2,30,40)(H,32,38)(H2,31,33,34,35). The first-order valence-corrected chi connectivity index (χ1v) is 13.4. The number of hydrogen-bond donors (Lipinski definition) is 5. The van der Waals surface area contributed by atoms with Crippen LogP contribution in [0.1, 0.15) is 16.8 Å². The fourth-order valence-electron chi connectivity index (χ4n) is 4.05. The summed E-state index contributed by atoms with van der Waals surface area (Å²) in [6, 6.07) is 9.07. The number of Topliss-reactive ketones (excluding diaryl/α,β-unsaturated/α-hetero) is 1. The van der Waals surface area contributed by atoms with Crippen molar-refractivity contribution in [1.82, 2.24) is 14.9 Å². The Labute approximate surface area is 246 Å². The summed E-state index contributed by atoms with van der Waals surface area (Å²) in [5, 5.41) is 19.4. The van der Waals surface area contributed by atoms with Crippen LogP contribution in [0.3, 0.4) is 0 Å². The largest absolute Gasteiger partial charge is 0.506 e. The second-order valence-electron chi connectivity index (χ2n) is 9.09. The molecule has 0 unspecified atom stereocenters. The summed E-state index contributed by atoms with van der Waals surface area (Å²) in [5.41, 5.74) is 5.90. The summed E-state index contributed by atoms with van der Waals surface area (Å²) >= 11 is 6.28. The number of halogens is 1. The first kappa shape index (κ1) is 30.2. The Morgan fingerprint density at radius 3 is 2.64 bits per heavy atom. The molecule has 42 heavy (non-hydrogen) atoms. The van der Waals surface area contributed by atoms with Gasteiger partial charge in [0.25, 0.3) is 11.7 Å². The number of phenols is 1. The molecule has 0 bridgehead atoms. The highest BCUT2D eigenvalue weighted by molar-refractivity contribution is 6.43. The van der Waals surface area contributed by atoms with E-state index < -0.39 is 17.6 Å². The van der Waals surface area contributed by atoms with Crippen LogP contribution in [0.15, 0.2) is 55.3 Å². The number of phenolic OH excluding ortho intramolecular Hbond substituents is 1. The minimum Gasteiger partial charge on any atom is -0.506 e. The number of aromatic nitrogens is 2. The van der Waals surface area contributed by atoms with Crippen LogP contribution in [0, 0.1) is 0 Å². The molecule has 1 saturated heterocycles. The van der Waals surface area contributed by atoms with Crippen LogP contribution in [0.4, 0.5) is 28.8 Å². The molecular formula is C28H30ClN7O6. The van der Waals surface area contributed by atoms with Crippen molar-refractivity contribution in [2.24, 2.45) is 5.73 Å². The Bertz CT molecular complexity index is 1480. The number of carbonyl (C=O) groups excluding carboxylic acids is 3. The second kappa shape index (κ2) is 14.3. The van der Waals surface area contributed by atoms with E-state index in [-0.39, 0.29) is 50.9 Å². The quantitative estimate of drug-likeness (QED) is 0.0488. The monoisotopic (exact) mass is 595 g/mol. The topological polar surface area (TPSA) is 181 Å². The Balaban J connectivity index is 1.52. The van der Waals surface area contributed by atoms with Gasteiger partial charge in [-0.2, -0.15) is 4.98 Å². The van der Waals surface area contributed by atoms with Crippen LogP contribution in [0.25, 0.3) is 0 Å². The molecule has 3 aromatic rings. The van der Waals surface area contributed by atoms with Crippen LogP contribution < -0.4 is 26.4 Å². The molecule has 1 fully saturated rings. The number of nitrogens with zero attached hydrogens (tertiary/aromatic N) is 3. The van der Waals surface area contributed by atoms with E-state index in [0.29, 0.717) is 19.8 Å². The molecule has 13 nitrogen and oxygen atoms in total. The third-order valence-electron chi connectivity index (χ3n) is 6.16. The average Bonchev–Trinajstić information content (AvgIpc) is 2.99. The van der Waals surface area contributed by atoms with Crippen LogP contribution in [-0.4, -0.2) is 77.0 Å². The molecule has 2 aromatic carbocycles. The number of primary amides is 1. The van der Waals surface area contributed by atoms with E-state index in [1.807, 2.05) is 0 Å². The molecule has 0 spiro atoms. The van der Waals surface area contributed by atoms with E-state index in [2.05, 4.69) is 37.4 Å². The Kier molecular flexibility index (Phi) is 10.3. The van der Waals surface area contributed by atoms with Gasteiger partial charge >= 0.3 is 0 Å². The third-order valence-corrected chi connectivity index (χ3v) is 6.44. The normalized spacial score (nSPS) is 13.2. The highest BCUT2D eigenvalue weighted by Crippen LogP contribution is 2.37. The van der Waals surface area contributed by atoms with Crippen LogP contribution in [-0.2, 0) is 14.3 Å². The molecule has 4 rings (SSSR count).